The van der Waals surface area contributed by atoms with Gasteiger partial charge < -0.3 is 14.6 Å². The summed E-state index contributed by atoms with van der Waals surface area (Å²) in [5.74, 6) is 0.208. The van der Waals surface area contributed by atoms with Crippen molar-refractivity contribution < 1.29 is 19.4 Å². The summed E-state index contributed by atoms with van der Waals surface area (Å²) >= 11 is 9.02. The van der Waals surface area contributed by atoms with Crippen LogP contribution in [0.3, 0.4) is 0 Å². The molecule has 0 aliphatic heterocycles. The van der Waals surface area contributed by atoms with Gasteiger partial charge in [0.15, 0.2) is 0 Å². The fraction of sp³-hybridized carbons (Fsp3) is 0.217. The highest BCUT2D eigenvalue weighted by molar-refractivity contribution is 7.99. The Morgan fingerprint density at radius 1 is 1.24 bits per heavy atom. The number of aromatic nitrogens is 4. The first kappa shape index (κ1) is 24.1. The molecule has 0 spiro atoms. The Labute approximate surface area is 209 Å². The normalized spacial score (nSPS) is 11.1. The summed E-state index contributed by atoms with van der Waals surface area (Å²) < 4.78 is 12.4. The van der Waals surface area contributed by atoms with Crippen LogP contribution in [0.2, 0.25) is 5.02 Å². The number of carboxylic acid groups (broad SMARTS) is 1. The van der Waals surface area contributed by atoms with Crippen LogP contribution < -0.4 is 9.47 Å². The van der Waals surface area contributed by atoms with Gasteiger partial charge >= 0.3 is 5.97 Å². The monoisotopic (exact) mass is 516 g/mol. The Hall–Kier alpha value is -3.08. The summed E-state index contributed by atoms with van der Waals surface area (Å²) in [5.41, 5.74) is 1.66. The van der Waals surface area contributed by atoms with E-state index >= 15 is 0 Å². The zero-order valence-corrected chi connectivity index (χ0v) is 20.9. The molecule has 0 saturated carbocycles. The average Bonchev–Trinajstić information content (AvgIpc) is 3.43. The molecule has 1 N–H and O–H groups in total. The van der Waals surface area contributed by atoms with E-state index < -0.39 is 5.97 Å². The van der Waals surface area contributed by atoms with Gasteiger partial charge in [0.25, 0.3) is 0 Å². The zero-order valence-electron chi connectivity index (χ0n) is 18.6. The molecular formula is C23H21ClN4O4S2. The first-order chi connectivity index (χ1) is 16.3. The van der Waals surface area contributed by atoms with E-state index in [0.29, 0.717) is 27.4 Å². The number of halogens is 1. The maximum atomic E-state index is 11.7. The summed E-state index contributed by atoms with van der Waals surface area (Å²) in [7, 11) is 1.60. The number of nitrogens with zero attached hydrogens (tertiary/aromatic N) is 4. The third-order valence-corrected chi connectivity index (χ3v) is 6.96. The first-order valence-corrected chi connectivity index (χ1v) is 12.3. The van der Waals surface area contributed by atoms with Crippen LogP contribution in [-0.4, -0.2) is 44.3 Å². The van der Waals surface area contributed by atoms with E-state index in [2.05, 4.69) is 15.3 Å². The fourth-order valence-electron chi connectivity index (χ4n) is 3.07. The van der Waals surface area contributed by atoms with Crippen molar-refractivity contribution in [3.63, 3.8) is 0 Å². The number of hydrogen-bond acceptors (Lipinski definition) is 8. The Bertz CT molecular complexity index is 1300. The Morgan fingerprint density at radius 3 is 2.65 bits per heavy atom. The van der Waals surface area contributed by atoms with Crippen LogP contribution in [0.25, 0.3) is 10.6 Å². The third-order valence-electron chi connectivity index (χ3n) is 4.61. The molecule has 2 aromatic heterocycles. The highest BCUT2D eigenvalue weighted by Gasteiger charge is 2.22. The maximum Gasteiger partial charge on any atom is 0.359 e. The van der Waals surface area contributed by atoms with Crippen molar-refractivity contribution in [3.8, 4) is 22.1 Å². The maximum absolute atomic E-state index is 11.7. The van der Waals surface area contributed by atoms with Gasteiger partial charge in [-0.25, -0.2) is 14.5 Å². The summed E-state index contributed by atoms with van der Waals surface area (Å²) in [4.78, 5) is 16.4. The van der Waals surface area contributed by atoms with Crippen LogP contribution in [0, 0.1) is 0 Å². The van der Waals surface area contributed by atoms with Gasteiger partial charge in [-0.2, -0.15) is 0 Å². The van der Waals surface area contributed by atoms with Gasteiger partial charge in [-0.15, -0.1) is 16.4 Å². The van der Waals surface area contributed by atoms with Crippen molar-refractivity contribution in [3.05, 3.63) is 64.1 Å². The minimum atomic E-state index is -1.15. The molecule has 0 aliphatic carbocycles. The number of benzene rings is 2. The van der Waals surface area contributed by atoms with Gasteiger partial charge in [-0.05, 0) is 61.5 Å². The molecule has 0 saturated heterocycles. The highest BCUT2D eigenvalue weighted by atomic mass is 35.5. The van der Waals surface area contributed by atoms with E-state index in [-0.39, 0.29) is 11.8 Å². The molecule has 0 amide bonds. The van der Waals surface area contributed by atoms with E-state index in [1.807, 2.05) is 61.7 Å². The molecule has 11 heteroatoms. The van der Waals surface area contributed by atoms with Crippen molar-refractivity contribution >= 4 is 40.7 Å². The van der Waals surface area contributed by atoms with E-state index in [0.717, 1.165) is 21.9 Å². The number of carboxylic acids is 1. The van der Waals surface area contributed by atoms with Crippen LogP contribution in [0.4, 0.5) is 0 Å². The van der Waals surface area contributed by atoms with Gasteiger partial charge in [0, 0.05) is 10.9 Å². The number of carbonyl (C=O) groups is 1. The summed E-state index contributed by atoms with van der Waals surface area (Å²) in [6, 6.07) is 13.0. The second-order valence-corrected chi connectivity index (χ2v) is 9.73. The molecule has 2 aromatic carbocycles. The average molecular weight is 517 g/mol. The van der Waals surface area contributed by atoms with E-state index in [4.69, 9.17) is 21.1 Å². The quantitative estimate of drug-likeness (QED) is 0.300. The molecule has 0 aliphatic rings. The molecule has 2 heterocycles. The molecule has 0 unspecified atom stereocenters. The minimum absolute atomic E-state index is 0.0195. The van der Waals surface area contributed by atoms with Crippen LogP contribution >= 0.6 is 34.7 Å². The van der Waals surface area contributed by atoms with Crippen molar-refractivity contribution in [1.29, 1.82) is 0 Å². The smallest absolute Gasteiger partial charge is 0.359 e. The lowest BCUT2D eigenvalue weighted by Gasteiger charge is -2.11. The standard InChI is InChI=1S/C23H21ClN4O4S2/c1-13(2)32-18-9-6-15(10-17(18)24)21-25-19(12-33-21)34-22-20(23(29)30)26-27-28(22)11-14-4-7-16(31-3)8-5-14/h4-10,12-13H,11H2,1-3H3,(H,29,30). The number of ether oxygens (including phenoxy) is 2. The number of methoxy groups -OCH3 is 1. The lowest BCUT2D eigenvalue weighted by Crippen LogP contribution is -2.05. The lowest BCUT2D eigenvalue weighted by molar-refractivity contribution is 0.0686. The van der Waals surface area contributed by atoms with E-state index in [1.54, 1.807) is 11.8 Å². The minimum Gasteiger partial charge on any atom is -0.497 e. The molecule has 0 atom stereocenters. The predicted molar refractivity (Wildman–Crippen MR) is 132 cm³/mol. The highest BCUT2D eigenvalue weighted by Crippen LogP contribution is 2.36. The Balaban J connectivity index is 1.57. The van der Waals surface area contributed by atoms with Crippen LogP contribution in [0.15, 0.2) is 57.9 Å². The SMILES string of the molecule is COc1ccc(Cn2nnc(C(=O)O)c2Sc2csc(-c3ccc(OC(C)C)c(Cl)c3)n2)cc1. The van der Waals surface area contributed by atoms with E-state index in [9.17, 15) is 9.90 Å². The van der Waals surface area contributed by atoms with E-state index in [1.165, 1.54) is 23.1 Å². The molecule has 0 radical (unpaired) electrons. The first-order valence-electron chi connectivity index (χ1n) is 10.2. The molecule has 0 bridgehead atoms. The van der Waals surface area contributed by atoms with Crippen molar-refractivity contribution in [2.75, 3.05) is 7.11 Å². The topological polar surface area (TPSA) is 99.4 Å². The largest absolute Gasteiger partial charge is 0.497 e. The number of thiazole rings is 1. The Morgan fingerprint density at radius 2 is 2.00 bits per heavy atom. The second kappa shape index (κ2) is 10.5. The van der Waals surface area contributed by atoms with Crippen molar-refractivity contribution in [1.82, 2.24) is 20.0 Å². The third kappa shape index (κ3) is 5.52. The summed E-state index contributed by atoms with van der Waals surface area (Å²) in [6.45, 7) is 4.23. The molecule has 8 nitrogen and oxygen atoms in total. The molecule has 34 heavy (non-hydrogen) atoms. The fourth-order valence-corrected chi connectivity index (χ4v) is 5.13. The number of aromatic carboxylic acids is 1. The molecule has 4 rings (SSSR count). The lowest BCUT2D eigenvalue weighted by atomic mass is 10.2. The van der Waals surface area contributed by atoms with Gasteiger partial charge in [-0.1, -0.05) is 28.9 Å². The van der Waals surface area contributed by atoms with Gasteiger partial charge in [-0.3, -0.25) is 0 Å². The zero-order chi connectivity index (χ0) is 24.2. The summed E-state index contributed by atoms with van der Waals surface area (Å²) in [5, 5.41) is 21.7. The molecular weight excluding hydrogens is 496 g/mol. The van der Waals surface area contributed by atoms with Crippen LogP contribution in [0.1, 0.15) is 29.9 Å². The predicted octanol–water partition coefficient (Wildman–Crippen LogP) is 5.75. The van der Waals surface area contributed by atoms with Crippen LogP contribution in [0.5, 0.6) is 11.5 Å². The Kier molecular flexibility index (Phi) is 7.40. The van der Waals surface area contributed by atoms with Gasteiger partial charge in [0.2, 0.25) is 5.69 Å². The van der Waals surface area contributed by atoms with Gasteiger partial charge in [0.05, 0.1) is 24.8 Å². The molecule has 176 valence electrons. The molecule has 4 aromatic rings. The number of hydrogen-bond donors (Lipinski definition) is 1. The summed E-state index contributed by atoms with van der Waals surface area (Å²) in [6.07, 6.45) is 0.0195. The van der Waals surface area contributed by atoms with Crippen molar-refractivity contribution in [2.24, 2.45) is 0 Å². The van der Waals surface area contributed by atoms with Gasteiger partial charge in [0.1, 0.15) is 26.6 Å². The second-order valence-electron chi connectivity index (χ2n) is 7.46. The number of rotatable bonds is 9. The van der Waals surface area contributed by atoms with Crippen LogP contribution in [-0.2, 0) is 6.54 Å². The molecule has 0 fully saturated rings. The van der Waals surface area contributed by atoms with Crippen molar-refractivity contribution in [2.45, 2.75) is 36.5 Å².